The number of aromatic nitrogens is 2. The van der Waals surface area contributed by atoms with E-state index < -0.39 is 0 Å². The van der Waals surface area contributed by atoms with Crippen LogP contribution in [0.1, 0.15) is 32.6 Å². The van der Waals surface area contributed by atoms with Crippen LogP contribution in [0.3, 0.4) is 0 Å². The van der Waals surface area contributed by atoms with Crippen molar-refractivity contribution in [3.63, 3.8) is 0 Å². The fourth-order valence-corrected chi connectivity index (χ4v) is 3.26. The van der Waals surface area contributed by atoms with E-state index in [0.29, 0.717) is 12.1 Å². The Balaban J connectivity index is 1.88. The molecule has 3 nitrogen and oxygen atoms in total. The Morgan fingerprint density at radius 1 is 1.24 bits per heavy atom. The molecule has 0 aliphatic carbocycles. The molecule has 0 N–H and O–H groups in total. The predicted octanol–water partition coefficient (Wildman–Crippen LogP) is 3.32. The standard InChI is InChI=1S/C13H16BrN3/c1-2-9-5-11-3-4-12(6-9)17(11)13-15-7-10(14)8-16-13/h2,7-8,11-12H,3-6H2,1H3. The SMILES string of the molecule is CC=C1CC2CCC(C1)N2c1ncc(Br)cn1. The maximum absolute atomic E-state index is 4.44. The number of piperidine rings is 1. The quantitative estimate of drug-likeness (QED) is 0.744. The third kappa shape index (κ3) is 1.99. The Bertz CT molecular complexity index is 424. The van der Waals surface area contributed by atoms with Crippen molar-refractivity contribution >= 4 is 21.9 Å². The first kappa shape index (κ1) is 11.2. The first-order valence-corrected chi connectivity index (χ1v) is 6.97. The number of allylic oxidation sites excluding steroid dienone is 1. The smallest absolute Gasteiger partial charge is 0.225 e. The van der Waals surface area contributed by atoms with Crippen LogP contribution in [0.25, 0.3) is 0 Å². The summed E-state index contributed by atoms with van der Waals surface area (Å²) in [5.74, 6) is 0.899. The Hall–Kier alpha value is -0.900. The van der Waals surface area contributed by atoms with E-state index in [1.807, 2.05) is 12.4 Å². The monoisotopic (exact) mass is 293 g/mol. The summed E-state index contributed by atoms with van der Waals surface area (Å²) in [5, 5.41) is 0. The first-order chi connectivity index (χ1) is 8.28. The largest absolute Gasteiger partial charge is 0.334 e. The van der Waals surface area contributed by atoms with Crippen LogP contribution in [-0.2, 0) is 0 Å². The lowest BCUT2D eigenvalue weighted by molar-refractivity contribution is 0.537. The minimum Gasteiger partial charge on any atom is -0.334 e. The summed E-state index contributed by atoms with van der Waals surface area (Å²) in [5.41, 5.74) is 1.60. The number of fused-ring (bicyclic) bond motifs is 2. The Morgan fingerprint density at radius 3 is 2.35 bits per heavy atom. The van der Waals surface area contributed by atoms with Gasteiger partial charge in [0, 0.05) is 24.5 Å². The van der Waals surface area contributed by atoms with Crippen molar-refractivity contribution in [2.75, 3.05) is 4.90 Å². The summed E-state index contributed by atoms with van der Waals surface area (Å²) in [6, 6.07) is 1.22. The third-order valence-electron chi connectivity index (χ3n) is 3.86. The van der Waals surface area contributed by atoms with E-state index in [1.54, 1.807) is 5.57 Å². The topological polar surface area (TPSA) is 29.0 Å². The molecular weight excluding hydrogens is 278 g/mol. The van der Waals surface area contributed by atoms with Crippen LogP contribution in [0.5, 0.6) is 0 Å². The maximum atomic E-state index is 4.44. The van der Waals surface area contributed by atoms with Crippen LogP contribution in [0, 0.1) is 0 Å². The van der Waals surface area contributed by atoms with Crippen LogP contribution < -0.4 is 4.90 Å². The molecule has 1 aromatic rings. The zero-order chi connectivity index (χ0) is 11.8. The van der Waals surface area contributed by atoms with E-state index in [-0.39, 0.29) is 0 Å². The Kier molecular flexibility index (Phi) is 2.90. The van der Waals surface area contributed by atoms with Gasteiger partial charge < -0.3 is 4.90 Å². The molecular formula is C13H16BrN3. The number of hydrogen-bond donors (Lipinski definition) is 0. The van der Waals surface area contributed by atoms with E-state index in [4.69, 9.17) is 0 Å². The zero-order valence-electron chi connectivity index (χ0n) is 9.93. The van der Waals surface area contributed by atoms with Gasteiger partial charge in [0.05, 0.1) is 4.47 Å². The molecule has 90 valence electrons. The molecule has 1 aromatic heterocycles. The highest BCUT2D eigenvalue weighted by Gasteiger charge is 2.39. The minimum absolute atomic E-state index is 0.612. The second-order valence-corrected chi connectivity index (χ2v) is 5.76. The van der Waals surface area contributed by atoms with E-state index in [9.17, 15) is 0 Å². The summed E-state index contributed by atoms with van der Waals surface area (Å²) >= 11 is 3.38. The summed E-state index contributed by atoms with van der Waals surface area (Å²) in [7, 11) is 0. The van der Waals surface area contributed by atoms with E-state index in [2.05, 4.69) is 43.8 Å². The van der Waals surface area contributed by atoms with Gasteiger partial charge in [-0.2, -0.15) is 0 Å². The van der Waals surface area contributed by atoms with Gasteiger partial charge in [0.15, 0.2) is 0 Å². The number of anilines is 1. The molecule has 2 fully saturated rings. The molecule has 2 saturated heterocycles. The average Bonchev–Trinajstić information content (AvgIpc) is 2.61. The maximum Gasteiger partial charge on any atom is 0.225 e. The summed E-state index contributed by atoms with van der Waals surface area (Å²) in [4.78, 5) is 11.3. The molecule has 3 rings (SSSR count). The lowest BCUT2D eigenvalue weighted by Crippen LogP contribution is -2.41. The molecule has 3 heterocycles. The number of hydrogen-bond acceptors (Lipinski definition) is 3. The van der Waals surface area contributed by atoms with Crippen LogP contribution in [0.2, 0.25) is 0 Å². The number of rotatable bonds is 1. The molecule has 2 aliphatic rings. The van der Waals surface area contributed by atoms with Crippen LogP contribution >= 0.6 is 15.9 Å². The minimum atomic E-state index is 0.612. The van der Waals surface area contributed by atoms with Crippen molar-refractivity contribution in [3.8, 4) is 0 Å². The van der Waals surface area contributed by atoms with Gasteiger partial charge in [0.1, 0.15) is 0 Å². The molecule has 0 spiro atoms. The average molecular weight is 294 g/mol. The molecule has 0 aromatic carbocycles. The third-order valence-corrected chi connectivity index (χ3v) is 4.27. The van der Waals surface area contributed by atoms with E-state index in [0.717, 1.165) is 10.4 Å². The highest BCUT2D eigenvalue weighted by molar-refractivity contribution is 9.10. The fourth-order valence-electron chi connectivity index (χ4n) is 3.05. The van der Waals surface area contributed by atoms with E-state index in [1.165, 1.54) is 25.7 Å². The van der Waals surface area contributed by atoms with Crippen molar-refractivity contribution in [2.24, 2.45) is 0 Å². The highest BCUT2D eigenvalue weighted by Crippen LogP contribution is 2.39. The van der Waals surface area contributed by atoms with E-state index >= 15 is 0 Å². The molecule has 0 saturated carbocycles. The van der Waals surface area contributed by atoms with Crippen LogP contribution in [0.15, 0.2) is 28.5 Å². The predicted molar refractivity (Wildman–Crippen MR) is 72.0 cm³/mol. The van der Waals surface area contributed by atoms with Crippen LogP contribution in [-0.4, -0.2) is 22.1 Å². The summed E-state index contributed by atoms with van der Waals surface area (Å²) < 4.78 is 0.944. The second kappa shape index (κ2) is 4.41. The fraction of sp³-hybridized carbons (Fsp3) is 0.538. The first-order valence-electron chi connectivity index (χ1n) is 6.18. The van der Waals surface area contributed by atoms with Crippen LogP contribution in [0.4, 0.5) is 5.95 Å². The zero-order valence-corrected chi connectivity index (χ0v) is 11.5. The Morgan fingerprint density at radius 2 is 1.82 bits per heavy atom. The van der Waals surface area contributed by atoms with Crippen molar-refractivity contribution in [1.29, 1.82) is 0 Å². The van der Waals surface area contributed by atoms with Gasteiger partial charge in [-0.3, -0.25) is 0 Å². The summed E-state index contributed by atoms with van der Waals surface area (Å²) in [6.07, 6.45) is 10.9. The highest BCUT2D eigenvalue weighted by atomic mass is 79.9. The lowest BCUT2D eigenvalue weighted by Gasteiger charge is -2.36. The van der Waals surface area contributed by atoms with Gasteiger partial charge in [-0.05, 0) is 48.5 Å². The van der Waals surface area contributed by atoms with Crippen molar-refractivity contribution < 1.29 is 0 Å². The van der Waals surface area contributed by atoms with Crippen molar-refractivity contribution in [3.05, 3.63) is 28.5 Å². The second-order valence-electron chi connectivity index (χ2n) is 4.85. The Labute approximate surface area is 110 Å². The molecule has 17 heavy (non-hydrogen) atoms. The van der Waals surface area contributed by atoms with Gasteiger partial charge in [0.2, 0.25) is 5.95 Å². The van der Waals surface area contributed by atoms with Gasteiger partial charge >= 0.3 is 0 Å². The van der Waals surface area contributed by atoms with Gasteiger partial charge in [-0.15, -0.1) is 0 Å². The van der Waals surface area contributed by atoms with Crippen molar-refractivity contribution in [2.45, 2.75) is 44.7 Å². The molecule has 0 amide bonds. The van der Waals surface area contributed by atoms with Crippen molar-refractivity contribution in [1.82, 2.24) is 9.97 Å². The number of nitrogens with zero attached hydrogens (tertiary/aromatic N) is 3. The normalized spacial score (nSPS) is 27.4. The molecule has 2 unspecified atom stereocenters. The van der Waals surface area contributed by atoms with Gasteiger partial charge in [-0.1, -0.05) is 11.6 Å². The van der Waals surface area contributed by atoms with Gasteiger partial charge in [0.25, 0.3) is 0 Å². The molecule has 2 aliphatic heterocycles. The number of halogens is 1. The van der Waals surface area contributed by atoms with Gasteiger partial charge in [-0.25, -0.2) is 9.97 Å². The lowest BCUT2D eigenvalue weighted by atomic mass is 9.97. The summed E-state index contributed by atoms with van der Waals surface area (Å²) in [6.45, 7) is 2.15. The molecule has 2 atom stereocenters. The molecule has 0 radical (unpaired) electrons. The molecule has 4 heteroatoms. The molecule has 2 bridgehead atoms.